The molecule has 0 spiro atoms. The molecular formula is C10H8F4O3. The lowest BCUT2D eigenvalue weighted by molar-refractivity contribution is -0.137. The normalized spacial score (nSPS) is 11.4. The number of rotatable bonds is 3. The summed E-state index contributed by atoms with van der Waals surface area (Å²) in [6, 6.07) is 0.549. The highest BCUT2D eigenvalue weighted by Crippen LogP contribution is 2.34. The molecule has 0 aliphatic heterocycles. The molecule has 0 atom stereocenters. The van der Waals surface area contributed by atoms with E-state index in [2.05, 4.69) is 4.74 Å². The Hall–Kier alpha value is -1.79. The molecule has 0 amide bonds. The maximum absolute atomic E-state index is 13.3. The third-order valence-corrected chi connectivity index (χ3v) is 1.89. The van der Waals surface area contributed by atoms with Crippen LogP contribution in [0.1, 0.15) is 22.8 Å². The summed E-state index contributed by atoms with van der Waals surface area (Å²) in [6.45, 7) is 1.41. The van der Waals surface area contributed by atoms with Crippen molar-refractivity contribution in [2.75, 3.05) is 6.61 Å². The van der Waals surface area contributed by atoms with E-state index >= 15 is 0 Å². The van der Waals surface area contributed by atoms with E-state index in [9.17, 15) is 22.4 Å². The van der Waals surface area contributed by atoms with Crippen LogP contribution in [0.3, 0.4) is 0 Å². The number of carboxylic acid groups (broad SMARTS) is 1. The second kappa shape index (κ2) is 4.60. The predicted octanol–water partition coefficient (Wildman–Crippen LogP) is 2.94. The summed E-state index contributed by atoms with van der Waals surface area (Å²) < 4.78 is 55.0. The van der Waals surface area contributed by atoms with Crippen LogP contribution in [-0.4, -0.2) is 17.7 Å². The fraction of sp³-hybridized carbons (Fsp3) is 0.300. The molecule has 0 aromatic heterocycles. The van der Waals surface area contributed by atoms with Gasteiger partial charge >= 0.3 is 12.1 Å². The van der Waals surface area contributed by atoms with Gasteiger partial charge in [-0.2, -0.15) is 13.2 Å². The topological polar surface area (TPSA) is 46.5 Å². The average molecular weight is 252 g/mol. The SMILES string of the molecule is CCOc1c(F)cc(C(F)(F)F)cc1C(=O)O. The van der Waals surface area contributed by atoms with E-state index in [0.29, 0.717) is 6.07 Å². The van der Waals surface area contributed by atoms with E-state index in [1.54, 1.807) is 0 Å². The molecule has 0 heterocycles. The minimum atomic E-state index is -4.81. The van der Waals surface area contributed by atoms with Crippen LogP contribution < -0.4 is 4.74 Å². The minimum Gasteiger partial charge on any atom is -0.490 e. The quantitative estimate of drug-likeness (QED) is 0.841. The highest BCUT2D eigenvalue weighted by Gasteiger charge is 2.33. The Morgan fingerprint density at radius 1 is 1.41 bits per heavy atom. The van der Waals surface area contributed by atoms with Crippen molar-refractivity contribution < 1.29 is 32.2 Å². The van der Waals surface area contributed by atoms with Gasteiger partial charge in [0.15, 0.2) is 11.6 Å². The van der Waals surface area contributed by atoms with Gasteiger partial charge in [-0.25, -0.2) is 9.18 Å². The van der Waals surface area contributed by atoms with Gasteiger partial charge in [-0.3, -0.25) is 0 Å². The zero-order valence-electron chi connectivity index (χ0n) is 8.64. The molecule has 0 saturated heterocycles. The van der Waals surface area contributed by atoms with Gasteiger partial charge < -0.3 is 9.84 Å². The molecule has 1 rings (SSSR count). The van der Waals surface area contributed by atoms with Crippen molar-refractivity contribution in [3.8, 4) is 5.75 Å². The number of carboxylic acids is 1. The lowest BCUT2D eigenvalue weighted by atomic mass is 10.1. The molecule has 1 aromatic carbocycles. The predicted molar refractivity (Wildman–Crippen MR) is 49.5 cm³/mol. The lowest BCUT2D eigenvalue weighted by Gasteiger charge is -2.12. The van der Waals surface area contributed by atoms with Crippen LogP contribution in [0, 0.1) is 5.82 Å². The van der Waals surface area contributed by atoms with E-state index in [4.69, 9.17) is 5.11 Å². The first-order chi connectivity index (χ1) is 7.77. The molecule has 0 saturated carbocycles. The van der Waals surface area contributed by atoms with Gasteiger partial charge in [-0.15, -0.1) is 0 Å². The summed E-state index contributed by atoms with van der Waals surface area (Å²) in [4.78, 5) is 10.7. The lowest BCUT2D eigenvalue weighted by Crippen LogP contribution is -2.11. The molecule has 1 aromatic rings. The van der Waals surface area contributed by atoms with Crippen molar-refractivity contribution in [2.45, 2.75) is 13.1 Å². The fourth-order valence-corrected chi connectivity index (χ4v) is 1.21. The van der Waals surface area contributed by atoms with Crippen LogP contribution in [0.15, 0.2) is 12.1 Å². The minimum absolute atomic E-state index is 0.0530. The number of benzene rings is 1. The van der Waals surface area contributed by atoms with E-state index < -0.39 is 34.8 Å². The zero-order chi connectivity index (χ0) is 13.2. The Morgan fingerprint density at radius 3 is 2.41 bits per heavy atom. The molecule has 3 nitrogen and oxygen atoms in total. The Kier molecular flexibility index (Phi) is 3.59. The van der Waals surface area contributed by atoms with Crippen LogP contribution in [-0.2, 0) is 6.18 Å². The number of carbonyl (C=O) groups is 1. The van der Waals surface area contributed by atoms with Crippen LogP contribution in [0.25, 0.3) is 0 Å². The van der Waals surface area contributed by atoms with Crippen molar-refractivity contribution in [2.24, 2.45) is 0 Å². The van der Waals surface area contributed by atoms with E-state index in [1.165, 1.54) is 6.92 Å². The van der Waals surface area contributed by atoms with Gasteiger partial charge in [-0.05, 0) is 19.1 Å². The number of hydrogen-bond donors (Lipinski definition) is 1. The number of aromatic carboxylic acids is 1. The van der Waals surface area contributed by atoms with Crippen molar-refractivity contribution >= 4 is 5.97 Å². The van der Waals surface area contributed by atoms with Crippen LogP contribution >= 0.6 is 0 Å². The highest BCUT2D eigenvalue weighted by molar-refractivity contribution is 5.91. The second-order valence-corrected chi connectivity index (χ2v) is 3.07. The van der Waals surface area contributed by atoms with Crippen LogP contribution in [0.2, 0.25) is 0 Å². The summed E-state index contributed by atoms with van der Waals surface area (Å²) in [5.41, 5.74) is -2.21. The third kappa shape index (κ3) is 2.86. The molecule has 0 fully saturated rings. The molecule has 0 unspecified atom stereocenters. The maximum Gasteiger partial charge on any atom is 0.416 e. The van der Waals surface area contributed by atoms with Crippen molar-refractivity contribution in [1.29, 1.82) is 0 Å². The Balaban J connectivity index is 3.41. The molecule has 7 heteroatoms. The van der Waals surface area contributed by atoms with Gasteiger partial charge in [0.2, 0.25) is 0 Å². The third-order valence-electron chi connectivity index (χ3n) is 1.89. The van der Waals surface area contributed by atoms with E-state index in [-0.39, 0.29) is 12.7 Å². The first-order valence-electron chi connectivity index (χ1n) is 4.54. The van der Waals surface area contributed by atoms with Gasteiger partial charge in [0, 0.05) is 0 Å². The summed E-state index contributed by atoms with van der Waals surface area (Å²) in [6.07, 6.45) is -4.81. The summed E-state index contributed by atoms with van der Waals surface area (Å²) in [7, 11) is 0. The number of hydrogen-bond acceptors (Lipinski definition) is 2. The highest BCUT2D eigenvalue weighted by atomic mass is 19.4. The molecule has 0 aliphatic carbocycles. The molecule has 94 valence electrons. The molecule has 0 aliphatic rings. The molecule has 0 bridgehead atoms. The monoisotopic (exact) mass is 252 g/mol. The summed E-state index contributed by atoms with van der Waals surface area (Å²) in [5.74, 6) is -3.72. The largest absolute Gasteiger partial charge is 0.490 e. The summed E-state index contributed by atoms with van der Waals surface area (Å²) in [5, 5.41) is 8.69. The standard InChI is InChI=1S/C10H8F4O3/c1-2-17-8-6(9(15)16)3-5(4-7(8)11)10(12,13)14/h3-4H,2H2,1H3,(H,15,16). The number of ether oxygens (including phenoxy) is 1. The Bertz CT molecular complexity index is 440. The summed E-state index contributed by atoms with van der Waals surface area (Å²) >= 11 is 0. The number of alkyl halides is 3. The smallest absolute Gasteiger partial charge is 0.416 e. The molecule has 1 N–H and O–H groups in total. The van der Waals surface area contributed by atoms with Crippen LogP contribution in [0.5, 0.6) is 5.75 Å². The van der Waals surface area contributed by atoms with E-state index in [1.807, 2.05) is 0 Å². The average Bonchev–Trinajstić information content (AvgIpc) is 2.18. The molecule has 17 heavy (non-hydrogen) atoms. The maximum atomic E-state index is 13.3. The Morgan fingerprint density at radius 2 is 2.00 bits per heavy atom. The van der Waals surface area contributed by atoms with Crippen LogP contribution in [0.4, 0.5) is 17.6 Å². The van der Waals surface area contributed by atoms with Crippen molar-refractivity contribution in [3.05, 3.63) is 29.1 Å². The molecular weight excluding hydrogens is 244 g/mol. The van der Waals surface area contributed by atoms with Gasteiger partial charge in [0.25, 0.3) is 0 Å². The van der Waals surface area contributed by atoms with Crippen molar-refractivity contribution in [3.63, 3.8) is 0 Å². The first-order valence-corrected chi connectivity index (χ1v) is 4.54. The van der Waals surface area contributed by atoms with E-state index in [0.717, 1.165) is 0 Å². The van der Waals surface area contributed by atoms with Gasteiger partial charge in [-0.1, -0.05) is 0 Å². The zero-order valence-corrected chi connectivity index (χ0v) is 8.64. The molecule has 0 radical (unpaired) electrons. The number of halogens is 4. The first kappa shape index (κ1) is 13.3. The second-order valence-electron chi connectivity index (χ2n) is 3.07. The van der Waals surface area contributed by atoms with Crippen molar-refractivity contribution in [1.82, 2.24) is 0 Å². The Labute approximate surface area is 93.6 Å². The van der Waals surface area contributed by atoms with Gasteiger partial charge in [0.1, 0.15) is 5.56 Å². The fourth-order valence-electron chi connectivity index (χ4n) is 1.21. The van der Waals surface area contributed by atoms with Gasteiger partial charge in [0.05, 0.1) is 12.2 Å².